The fourth-order valence-electron chi connectivity index (χ4n) is 4.09. The first-order chi connectivity index (χ1) is 13.2. The van der Waals surface area contributed by atoms with E-state index >= 15 is 0 Å². The average Bonchev–Trinajstić information content (AvgIpc) is 3.25. The standard InChI is InChI=1S/C19H16BrNO7/c1-9(22)26-18(27-10(2)23)19-7-6-13(28-19)14-15(19)17(25)21(16(14)24)12-5-3-4-11(20)8-12/h3-8,13-15,18H,1-2H3/t13-,14-,15-,19+/m1/s1. The van der Waals surface area contributed by atoms with E-state index in [1.54, 1.807) is 36.4 Å². The predicted octanol–water partition coefficient (Wildman–Crippen LogP) is 1.71. The lowest BCUT2D eigenvalue weighted by Crippen LogP contribution is -2.52. The molecular formula is C19H16BrNO7. The monoisotopic (exact) mass is 449 g/mol. The van der Waals surface area contributed by atoms with Crippen LogP contribution in [-0.2, 0) is 33.4 Å². The van der Waals surface area contributed by atoms with Gasteiger partial charge in [0, 0.05) is 18.3 Å². The first kappa shape index (κ1) is 18.8. The van der Waals surface area contributed by atoms with Crippen LogP contribution in [0.2, 0.25) is 0 Å². The summed E-state index contributed by atoms with van der Waals surface area (Å²) in [5.41, 5.74) is -1.12. The van der Waals surface area contributed by atoms with Gasteiger partial charge in [-0.25, -0.2) is 4.90 Å². The van der Waals surface area contributed by atoms with Crippen LogP contribution in [0.4, 0.5) is 5.69 Å². The molecule has 9 heteroatoms. The Bertz CT molecular complexity index is 913. The van der Waals surface area contributed by atoms with E-state index in [9.17, 15) is 19.2 Å². The summed E-state index contributed by atoms with van der Waals surface area (Å²) < 4.78 is 17.0. The molecule has 0 aliphatic carbocycles. The van der Waals surface area contributed by atoms with Gasteiger partial charge in [0.1, 0.15) is 0 Å². The van der Waals surface area contributed by atoms with Gasteiger partial charge in [-0.2, -0.15) is 0 Å². The van der Waals surface area contributed by atoms with Crippen molar-refractivity contribution in [2.75, 3.05) is 4.90 Å². The summed E-state index contributed by atoms with van der Waals surface area (Å²) in [6.07, 6.45) is 1.03. The van der Waals surface area contributed by atoms with Crippen molar-refractivity contribution in [3.8, 4) is 0 Å². The molecule has 3 aliphatic heterocycles. The number of esters is 2. The Kier molecular flexibility index (Phi) is 4.39. The Labute approximate surface area is 168 Å². The molecule has 2 fully saturated rings. The van der Waals surface area contributed by atoms with Crippen molar-refractivity contribution in [1.29, 1.82) is 0 Å². The first-order valence-corrected chi connectivity index (χ1v) is 9.39. The number of fused-ring (bicyclic) bond motifs is 5. The number of halogens is 1. The summed E-state index contributed by atoms with van der Waals surface area (Å²) in [5, 5.41) is 0. The Morgan fingerprint density at radius 1 is 1.18 bits per heavy atom. The van der Waals surface area contributed by atoms with E-state index in [4.69, 9.17) is 14.2 Å². The van der Waals surface area contributed by atoms with E-state index < -0.39 is 53.6 Å². The van der Waals surface area contributed by atoms with E-state index in [1.807, 2.05) is 0 Å². The third-order valence-corrected chi connectivity index (χ3v) is 5.55. The molecule has 2 saturated heterocycles. The number of carbonyl (C=O) groups is 4. The third kappa shape index (κ3) is 2.68. The number of hydrogen-bond acceptors (Lipinski definition) is 7. The number of imide groups is 1. The summed E-state index contributed by atoms with van der Waals surface area (Å²) in [5.74, 6) is -4.07. The van der Waals surface area contributed by atoms with Crippen molar-refractivity contribution in [3.63, 3.8) is 0 Å². The number of hydrogen-bond donors (Lipinski definition) is 0. The summed E-state index contributed by atoms with van der Waals surface area (Å²) in [6, 6.07) is 6.81. The summed E-state index contributed by atoms with van der Waals surface area (Å²) >= 11 is 3.33. The topological polar surface area (TPSA) is 99.2 Å². The Balaban J connectivity index is 1.75. The largest absolute Gasteiger partial charge is 0.422 e. The van der Waals surface area contributed by atoms with Gasteiger partial charge in [-0.3, -0.25) is 19.2 Å². The van der Waals surface area contributed by atoms with Crippen LogP contribution in [-0.4, -0.2) is 41.7 Å². The van der Waals surface area contributed by atoms with Crippen molar-refractivity contribution in [3.05, 3.63) is 40.9 Å². The quantitative estimate of drug-likeness (QED) is 0.298. The van der Waals surface area contributed by atoms with Crippen LogP contribution >= 0.6 is 15.9 Å². The number of ether oxygens (including phenoxy) is 3. The average molecular weight is 450 g/mol. The van der Waals surface area contributed by atoms with E-state index in [2.05, 4.69) is 15.9 Å². The van der Waals surface area contributed by atoms with Gasteiger partial charge in [-0.05, 0) is 24.3 Å². The molecule has 1 aromatic carbocycles. The van der Waals surface area contributed by atoms with Gasteiger partial charge in [0.05, 0.1) is 23.6 Å². The third-order valence-electron chi connectivity index (χ3n) is 5.06. The Hall–Kier alpha value is -2.52. The zero-order chi connectivity index (χ0) is 20.2. The lowest BCUT2D eigenvalue weighted by molar-refractivity contribution is -0.226. The molecule has 4 atom stereocenters. The predicted molar refractivity (Wildman–Crippen MR) is 97.7 cm³/mol. The summed E-state index contributed by atoms with van der Waals surface area (Å²) in [4.78, 5) is 50.6. The number of anilines is 1. The maximum Gasteiger partial charge on any atom is 0.305 e. The van der Waals surface area contributed by atoms with Crippen LogP contribution in [0, 0.1) is 11.8 Å². The number of nitrogens with zero attached hydrogens (tertiary/aromatic N) is 1. The fourth-order valence-corrected chi connectivity index (χ4v) is 4.47. The molecule has 3 aliphatic rings. The number of rotatable bonds is 4. The molecule has 0 unspecified atom stereocenters. The van der Waals surface area contributed by atoms with Crippen LogP contribution in [0.3, 0.4) is 0 Å². The second-order valence-electron chi connectivity index (χ2n) is 6.84. The Morgan fingerprint density at radius 3 is 2.46 bits per heavy atom. The molecule has 1 aromatic rings. The number of benzene rings is 1. The highest BCUT2D eigenvalue weighted by atomic mass is 79.9. The van der Waals surface area contributed by atoms with E-state index in [0.717, 1.165) is 18.7 Å². The molecule has 4 rings (SSSR count). The van der Waals surface area contributed by atoms with Crippen LogP contribution in [0.5, 0.6) is 0 Å². The molecule has 8 nitrogen and oxygen atoms in total. The second kappa shape index (κ2) is 6.52. The smallest absolute Gasteiger partial charge is 0.305 e. The van der Waals surface area contributed by atoms with Crippen molar-refractivity contribution >= 4 is 45.4 Å². The number of amides is 2. The van der Waals surface area contributed by atoms with Gasteiger partial charge in [0.2, 0.25) is 11.8 Å². The van der Waals surface area contributed by atoms with Crippen LogP contribution in [0.1, 0.15) is 13.8 Å². The zero-order valence-corrected chi connectivity index (χ0v) is 16.5. The van der Waals surface area contributed by atoms with Gasteiger partial charge < -0.3 is 14.2 Å². The number of carbonyl (C=O) groups excluding carboxylic acids is 4. The highest BCUT2D eigenvalue weighted by Crippen LogP contribution is 2.54. The van der Waals surface area contributed by atoms with Crippen LogP contribution in [0.25, 0.3) is 0 Å². The lowest BCUT2D eigenvalue weighted by Gasteiger charge is -2.34. The van der Waals surface area contributed by atoms with E-state index in [0.29, 0.717) is 10.2 Å². The highest BCUT2D eigenvalue weighted by Gasteiger charge is 2.72. The van der Waals surface area contributed by atoms with Crippen molar-refractivity contribution in [1.82, 2.24) is 0 Å². The second-order valence-corrected chi connectivity index (χ2v) is 7.76. The minimum Gasteiger partial charge on any atom is -0.422 e. The lowest BCUT2D eigenvalue weighted by atomic mass is 9.76. The molecule has 28 heavy (non-hydrogen) atoms. The molecule has 2 bridgehead atoms. The molecule has 0 radical (unpaired) electrons. The summed E-state index contributed by atoms with van der Waals surface area (Å²) in [6.45, 7) is 2.32. The molecule has 2 amide bonds. The molecule has 3 heterocycles. The maximum atomic E-state index is 13.3. The van der Waals surface area contributed by atoms with Gasteiger partial charge in [-0.1, -0.05) is 28.1 Å². The molecule has 0 aromatic heterocycles. The Morgan fingerprint density at radius 2 is 1.86 bits per heavy atom. The van der Waals surface area contributed by atoms with E-state index in [1.165, 1.54) is 0 Å². The molecule has 146 valence electrons. The molecular weight excluding hydrogens is 434 g/mol. The maximum absolute atomic E-state index is 13.3. The van der Waals surface area contributed by atoms with Gasteiger partial charge in [0.15, 0.2) is 5.60 Å². The zero-order valence-electron chi connectivity index (χ0n) is 15.0. The SMILES string of the molecule is CC(=O)OC(OC(C)=O)[C@@]12C=C[C@@H](O1)[C@H]1C(=O)N(c3cccc(Br)c3)C(=O)[C@@H]12. The fraction of sp³-hybridized carbons (Fsp3) is 0.368. The minimum absolute atomic E-state index is 0.409. The van der Waals surface area contributed by atoms with E-state index in [-0.39, 0.29) is 0 Å². The van der Waals surface area contributed by atoms with Crippen molar-refractivity contribution in [2.45, 2.75) is 31.8 Å². The molecule has 0 N–H and O–H groups in total. The normalized spacial score (nSPS) is 30.1. The van der Waals surface area contributed by atoms with Gasteiger partial charge in [-0.15, -0.1) is 0 Å². The van der Waals surface area contributed by atoms with Crippen LogP contribution in [0.15, 0.2) is 40.9 Å². The van der Waals surface area contributed by atoms with Crippen molar-refractivity contribution < 1.29 is 33.4 Å². The van der Waals surface area contributed by atoms with Crippen molar-refractivity contribution in [2.24, 2.45) is 11.8 Å². The molecule has 0 spiro atoms. The summed E-state index contributed by atoms with van der Waals surface area (Å²) in [7, 11) is 0. The molecule has 0 saturated carbocycles. The van der Waals surface area contributed by atoms with Crippen LogP contribution < -0.4 is 4.90 Å². The highest BCUT2D eigenvalue weighted by molar-refractivity contribution is 9.10. The van der Waals surface area contributed by atoms with Gasteiger partial charge >= 0.3 is 11.9 Å². The first-order valence-electron chi connectivity index (χ1n) is 8.59. The minimum atomic E-state index is -1.54. The van der Waals surface area contributed by atoms with Gasteiger partial charge in [0.25, 0.3) is 6.29 Å².